The molecule has 0 saturated heterocycles. The summed E-state index contributed by atoms with van der Waals surface area (Å²) in [5.74, 6) is -6.91. The van der Waals surface area contributed by atoms with Crippen LogP contribution in [0.4, 0.5) is 26.3 Å². The maximum absolute atomic E-state index is 14.3. The fraction of sp³-hybridized carbons (Fsp3) is 0.0667. The van der Waals surface area contributed by atoms with Crippen molar-refractivity contribution < 1.29 is 35.5 Å². The van der Waals surface area contributed by atoms with Crippen LogP contribution in [-0.4, -0.2) is 16.1 Å². The van der Waals surface area contributed by atoms with Gasteiger partial charge in [-0.25, -0.2) is 18.0 Å². The van der Waals surface area contributed by atoms with Crippen LogP contribution < -0.4 is 10.5 Å². The highest BCUT2D eigenvalue weighted by Gasteiger charge is 2.33. The van der Waals surface area contributed by atoms with E-state index in [0.29, 0.717) is 12.1 Å². The lowest BCUT2D eigenvalue weighted by Crippen LogP contribution is -2.19. The molecule has 0 saturated carbocycles. The van der Waals surface area contributed by atoms with Gasteiger partial charge in [0.25, 0.3) is 5.89 Å². The first-order valence-electron chi connectivity index (χ1n) is 6.87. The third-order valence-corrected chi connectivity index (χ3v) is 3.56. The highest BCUT2D eigenvalue weighted by atomic mass is 35.5. The summed E-state index contributed by atoms with van der Waals surface area (Å²) >= 11 is 5.49. The van der Waals surface area contributed by atoms with Gasteiger partial charge in [0.15, 0.2) is 11.6 Å². The average molecular weight is 411 g/mol. The van der Waals surface area contributed by atoms with Crippen LogP contribution in [0.25, 0.3) is 17.1 Å². The van der Waals surface area contributed by atoms with E-state index in [-0.39, 0.29) is 4.68 Å². The summed E-state index contributed by atoms with van der Waals surface area (Å²) in [7, 11) is 0. The van der Waals surface area contributed by atoms with Crippen molar-refractivity contribution in [2.75, 3.05) is 0 Å². The first kappa shape index (κ1) is 18.8. The van der Waals surface area contributed by atoms with Crippen LogP contribution in [0.3, 0.4) is 0 Å². The van der Waals surface area contributed by atoms with E-state index in [1.807, 2.05) is 0 Å². The standard InChI is InChI=1S/C15H5ClF6N2O3/c16-11-9(27-15(20,21)22)5-4-8(12(11)19)24-14(25)26-13(23-24)10-6(17)2-1-3-7(10)18/h1-5H. The van der Waals surface area contributed by atoms with Gasteiger partial charge in [-0.2, -0.15) is 4.68 Å². The minimum Gasteiger partial charge on any atom is -0.404 e. The molecule has 142 valence electrons. The molecule has 0 aliphatic carbocycles. The van der Waals surface area contributed by atoms with Crippen LogP contribution in [0.1, 0.15) is 0 Å². The van der Waals surface area contributed by atoms with E-state index >= 15 is 0 Å². The Morgan fingerprint density at radius 3 is 2.30 bits per heavy atom. The molecule has 0 bridgehead atoms. The van der Waals surface area contributed by atoms with Gasteiger partial charge in [0.2, 0.25) is 0 Å². The third kappa shape index (κ3) is 3.63. The van der Waals surface area contributed by atoms with Crippen LogP contribution in [0.15, 0.2) is 39.5 Å². The Bertz CT molecular complexity index is 1060. The fourth-order valence-electron chi connectivity index (χ4n) is 2.12. The topological polar surface area (TPSA) is 57.3 Å². The van der Waals surface area contributed by atoms with Gasteiger partial charge in [-0.05, 0) is 24.3 Å². The highest BCUT2D eigenvalue weighted by Crippen LogP contribution is 2.34. The molecule has 0 atom stereocenters. The molecule has 2 aromatic carbocycles. The largest absolute Gasteiger partial charge is 0.573 e. The van der Waals surface area contributed by atoms with Crippen molar-refractivity contribution in [2.45, 2.75) is 6.36 Å². The number of hydrogen-bond donors (Lipinski definition) is 0. The first-order valence-corrected chi connectivity index (χ1v) is 7.25. The van der Waals surface area contributed by atoms with Crippen LogP contribution in [0.5, 0.6) is 5.75 Å². The summed E-state index contributed by atoms with van der Waals surface area (Å²) in [4.78, 5) is 11.9. The second-order valence-electron chi connectivity index (χ2n) is 4.94. The normalized spacial score (nSPS) is 11.7. The lowest BCUT2D eigenvalue weighted by Gasteiger charge is -2.11. The number of aromatic nitrogens is 2. The molecule has 0 aliphatic rings. The number of ether oxygens (including phenoxy) is 1. The van der Waals surface area contributed by atoms with Crippen molar-refractivity contribution in [2.24, 2.45) is 0 Å². The molecule has 5 nitrogen and oxygen atoms in total. The minimum atomic E-state index is -5.13. The molecule has 0 unspecified atom stereocenters. The summed E-state index contributed by atoms with van der Waals surface area (Å²) in [6.07, 6.45) is -5.13. The lowest BCUT2D eigenvalue weighted by atomic mass is 10.2. The van der Waals surface area contributed by atoms with E-state index in [9.17, 15) is 31.1 Å². The Morgan fingerprint density at radius 2 is 1.70 bits per heavy atom. The van der Waals surface area contributed by atoms with E-state index in [1.165, 1.54) is 0 Å². The molecular weight excluding hydrogens is 406 g/mol. The van der Waals surface area contributed by atoms with Gasteiger partial charge >= 0.3 is 12.1 Å². The number of alkyl halides is 3. The summed E-state index contributed by atoms with van der Waals surface area (Å²) in [6, 6.07) is 4.14. The molecule has 12 heteroatoms. The van der Waals surface area contributed by atoms with Gasteiger partial charge < -0.3 is 9.15 Å². The molecule has 3 aromatic rings. The van der Waals surface area contributed by atoms with E-state index in [2.05, 4.69) is 14.3 Å². The fourth-order valence-corrected chi connectivity index (χ4v) is 2.32. The molecular formula is C15H5ClF6N2O3. The first-order chi connectivity index (χ1) is 12.6. The van der Waals surface area contributed by atoms with Crippen molar-refractivity contribution in [1.82, 2.24) is 9.78 Å². The summed E-state index contributed by atoms with van der Waals surface area (Å²) in [6.45, 7) is 0. The van der Waals surface area contributed by atoms with Gasteiger partial charge in [0, 0.05) is 0 Å². The van der Waals surface area contributed by atoms with E-state index < -0.39 is 57.5 Å². The number of hydrogen-bond acceptors (Lipinski definition) is 4. The van der Waals surface area contributed by atoms with Crippen molar-refractivity contribution in [3.63, 3.8) is 0 Å². The zero-order chi connectivity index (χ0) is 19.9. The SMILES string of the molecule is O=c1oc(-c2c(F)cccc2F)nn1-c1ccc(OC(F)(F)F)c(Cl)c1F. The van der Waals surface area contributed by atoms with Crippen molar-refractivity contribution in [3.8, 4) is 22.9 Å². The second-order valence-corrected chi connectivity index (χ2v) is 5.32. The Hall–Kier alpha value is -2.95. The number of halogens is 7. The molecule has 1 heterocycles. The molecule has 0 spiro atoms. The summed E-state index contributed by atoms with van der Waals surface area (Å²) in [5.41, 5.74) is -1.50. The zero-order valence-electron chi connectivity index (χ0n) is 12.7. The molecule has 3 rings (SSSR count). The average Bonchev–Trinajstić information content (AvgIpc) is 2.92. The Kier molecular flexibility index (Phi) is 4.64. The van der Waals surface area contributed by atoms with Crippen molar-refractivity contribution in [1.29, 1.82) is 0 Å². The van der Waals surface area contributed by atoms with Gasteiger partial charge in [-0.3, -0.25) is 0 Å². The Balaban J connectivity index is 2.10. The van der Waals surface area contributed by atoms with Gasteiger partial charge in [-0.1, -0.05) is 17.7 Å². The second kappa shape index (κ2) is 6.65. The zero-order valence-corrected chi connectivity index (χ0v) is 13.4. The molecule has 0 amide bonds. The Labute approximate surface area is 150 Å². The molecule has 27 heavy (non-hydrogen) atoms. The van der Waals surface area contributed by atoms with Crippen LogP contribution >= 0.6 is 11.6 Å². The quantitative estimate of drug-likeness (QED) is 0.598. The van der Waals surface area contributed by atoms with Crippen LogP contribution in [-0.2, 0) is 0 Å². The predicted molar refractivity (Wildman–Crippen MR) is 79.1 cm³/mol. The molecule has 0 radical (unpaired) electrons. The van der Waals surface area contributed by atoms with Gasteiger partial charge in [0.05, 0.1) is 0 Å². The monoisotopic (exact) mass is 410 g/mol. The minimum absolute atomic E-state index is 0.250. The van der Waals surface area contributed by atoms with Crippen molar-refractivity contribution in [3.05, 3.63) is 63.4 Å². The maximum atomic E-state index is 14.3. The smallest absolute Gasteiger partial charge is 0.404 e. The van der Waals surface area contributed by atoms with Crippen LogP contribution in [0, 0.1) is 17.5 Å². The van der Waals surface area contributed by atoms with E-state index in [0.717, 1.165) is 18.2 Å². The van der Waals surface area contributed by atoms with Gasteiger partial charge in [-0.15, -0.1) is 18.3 Å². The van der Waals surface area contributed by atoms with Crippen molar-refractivity contribution >= 4 is 11.6 Å². The lowest BCUT2D eigenvalue weighted by molar-refractivity contribution is -0.274. The summed E-state index contributed by atoms with van der Waals surface area (Å²) in [5, 5.41) is 2.39. The number of benzene rings is 2. The number of nitrogens with zero attached hydrogens (tertiary/aromatic N) is 2. The highest BCUT2D eigenvalue weighted by molar-refractivity contribution is 6.32. The number of rotatable bonds is 3. The molecule has 0 N–H and O–H groups in total. The van der Waals surface area contributed by atoms with Gasteiger partial charge in [0.1, 0.15) is 27.9 Å². The molecule has 1 aromatic heterocycles. The third-order valence-electron chi connectivity index (χ3n) is 3.20. The van der Waals surface area contributed by atoms with Crippen LogP contribution in [0.2, 0.25) is 5.02 Å². The van der Waals surface area contributed by atoms with E-state index in [4.69, 9.17) is 11.6 Å². The predicted octanol–water partition coefficient (Wildman–Crippen LogP) is 4.46. The maximum Gasteiger partial charge on any atom is 0.573 e. The molecule has 0 fully saturated rings. The van der Waals surface area contributed by atoms with E-state index in [1.54, 1.807) is 0 Å². The molecule has 0 aliphatic heterocycles. The summed E-state index contributed by atoms with van der Waals surface area (Å²) < 4.78 is 87.0. The Morgan fingerprint density at radius 1 is 1.07 bits per heavy atom.